The number of carbonyl (C=O) groups is 2. The molecule has 0 aromatic heterocycles. The molecule has 1 aromatic rings. The molecule has 0 saturated heterocycles. The summed E-state index contributed by atoms with van der Waals surface area (Å²) < 4.78 is 0. The van der Waals surface area contributed by atoms with E-state index in [1.807, 2.05) is 0 Å². The van der Waals surface area contributed by atoms with Gasteiger partial charge in [-0.05, 0) is 12.1 Å². The summed E-state index contributed by atoms with van der Waals surface area (Å²) in [6.45, 7) is 0. The minimum Gasteiger partial charge on any atom is -0.369 e. The van der Waals surface area contributed by atoms with Crippen molar-refractivity contribution in [2.75, 3.05) is 0 Å². The molecule has 1 heterocycles. The van der Waals surface area contributed by atoms with Crippen LogP contribution >= 0.6 is 0 Å². The molecule has 6 nitrogen and oxygen atoms in total. The van der Waals surface area contributed by atoms with E-state index in [9.17, 15) is 9.59 Å². The Morgan fingerprint density at radius 2 is 1.67 bits per heavy atom. The van der Waals surface area contributed by atoms with E-state index >= 15 is 0 Å². The number of rotatable bonds is 1. The average Bonchev–Trinajstić information content (AvgIpc) is 2.44. The van der Waals surface area contributed by atoms with Crippen molar-refractivity contribution in [1.82, 2.24) is 10.4 Å². The van der Waals surface area contributed by atoms with Crippen molar-refractivity contribution >= 4 is 17.8 Å². The zero-order valence-corrected chi connectivity index (χ0v) is 7.65. The summed E-state index contributed by atoms with van der Waals surface area (Å²) in [4.78, 5) is 23.3. The lowest BCUT2D eigenvalue weighted by Crippen LogP contribution is -2.48. The Morgan fingerprint density at radius 3 is 2.07 bits per heavy atom. The first-order chi connectivity index (χ1) is 7.11. The molecule has 1 aliphatic rings. The fourth-order valence-corrected chi connectivity index (χ4v) is 1.41. The fourth-order valence-electron chi connectivity index (χ4n) is 1.41. The first-order valence-electron chi connectivity index (χ1n) is 4.20. The molecule has 0 atom stereocenters. The predicted octanol–water partition coefficient (Wildman–Crippen LogP) is -0.319. The second-order valence-corrected chi connectivity index (χ2v) is 3.02. The second kappa shape index (κ2) is 3.09. The number of nitrogens with zero attached hydrogens (tertiary/aromatic N) is 1. The summed E-state index contributed by atoms with van der Waals surface area (Å²) in [7, 11) is 0. The van der Waals surface area contributed by atoms with E-state index in [1.54, 1.807) is 24.3 Å². The first-order valence-corrected chi connectivity index (χ1v) is 4.20. The molecule has 0 bridgehead atoms. The molecule has 2 amide bonds. The van der Waals surface area contributed by atoms with E-state index in [2.05, 4.69) is 5.43 Å². The zero-order chi connectivity index (χ0) is 11.0. The minimum atomic E-state index is -0.495. The Balaban J connectivity index is 2.41. The maximum absolute atomic E-state index is 11.6. The lowest BCUT2D eigenvalue weighted by atomic mass is 10.1. The summed E-state index contributed by atoms with van der Waals surface area (Å²) in [6.07, 6.45) is 0. The van der Waals surface area contributed by atoms with E-state index in [0.29, 0.717) is 11.1 Å². The molecule has 0 spiro atoms. The molecule has 2 rings (SSSR count). The van der Waals surface area contributed by atoms with E-state index in [4.69, 9.17) is 11.1 Å². The van der Waals surface area contributed by atoms with Crippen LogP contribution < -0.4 is 11.2 Å². The van der Waals surface area contributed by atoms with Crippen LogP contribution in [0.4, 0.5) is 0 Å². The van der Waals surface area contributed by atoms with Gasteiger partial charge in [-0.25, -0.2) is 0 Å². The van der Waals surface area contributed by atoms with Crippen LogP contribution in [0.25, 0.3) is 0 Å². The summed E-state index contributed by atoms with van der Waals surface area (Å²) in [5.74, 6) is -1.44. The SMILES string of the molecule is N=C(N)NN1C(=O)c2ccccc2C1=O. The standard InChI is InChI=1S/C9H8N4O2/c10-9(11)12-13-7(14)5-3-1-2-4-6(5)8(13)15/h1-4H,(H4,10,11,12). The van der Waals surface area contributed by atoms with Gasteiger partial charge in [0, 0.05) is 0 Å². The van der Waals surface area contributed by atoms with Gasteiger partial charge in [-0.15, -0.1) is 0 Å². The van der Waals surface area contributed by atoms with E-state index in [0.717, 1.165) is 5.01 Å². The van der Waals surface area contributed by atoms with Crippen LogP contribution in [-0.2, 0) is 0 Å². The van der Waals surface area contributed by atoms with Crippen LogP contribution in [0.1, 0.15) is 20.7 Å². The highest BCUT2D eigenvalue weighted by atomic mass is 16.2. The fraction of sp³-hybridized carbons (Fsp3) is 0. The number of hydrazine groups is 1. The highest BCUT2D eigenvalue weighted by Crippen LogP contribution is 2.20. The quantitative estimate of drug-likeness (QED) is 0.331. The Hall–Kier alpha value is -2.37. The molecule has 0 saturated carbocycles. The number of imide groups is 1. The second-order valence-electron chi connectivity index (χ2n) is 3.02. The number of amides is 2. The normalized spacial score (nSPS) is 14.0. The van der Waals surface area contributed by atoms with Crippen LogP contribution in [0.2, 0.25) is 0 Å². The van der Waals surface area contributed by atoms with E-state index < -0.39 is 17.8 Å². The van der Waals surface area contributed by atoms with Gasteiger partial charge in [-0.2, -0.15) is 5.01 Å². The van der Waals surface area contributed by atoms with Crippen LogP contribution in [-0.4, -0.2) is 22.8 Å². The molecule has 0 fully saturated rings. The van der Waals surface area contributed by atoms with Gasteiger partial charge in [0.05, 0.1) is 11.1 Å². The van der Waals surface area contributed by atoms with E-state index in [1.165, 1.54) is 0 Å². The number of carbonyl (C=O) groups excluding carboxylic acids is 2. The number of benzene rings is 1. The van der Waals surface area contributed by atoms with Crippen LogP contribution in [0.5, 0.6) is 0 Å². The maximum Gasteiger partial charge on any atom is 0.280 e. The van der Waals surface area contributed by atoms with Crippen LogP contribution in [0.3, 0.4) is 0 Å². The molecule has 1 aromatic carbocycles. The highest BCUT2D eigenvalue weighted by molar-refractivity contribution is 6.21. The number of fused-ring (bicyclic) bond motifs is 1. The summed E-state index contributed by atoms with van der Waals surface area (Å²) in [5, 5.41) is 7.70. The van der Waals surface area contributed by atoms with Crippen molar-refractivity contribution in [3.63, 3.8) is 0 Å². The minimum absolute atomic E-state index is 0.316. The highest BCUT2D eigenvalue weighted by Gasteiger charge is 2.35. The van der Waals surface area contributed by atoms with Gasteiger partial charge in [0.15, 0.2) is 0 Å². The number of hydrogen-bond donors (Lipinski definition) is 3. The topological polar surface area (TPSA) is 99.3 Å². The van der Waals surface area contributed by atoms with Crippen LogP contribution in [0.15, 0.2) is 24.3 Å². The van der Waals surface area contributed by atoms with Gasteiger partial charge in [-0.3, -0.25) is 20.4 Å². The lowest BCUT2D eigenvalue weighted by Gasteiger charge is -2.13. The Kier molecular flexibility index (Phi) is 1.89. The predicted molar refractivity (Wildman–Crippen MR) is 52.0 cm³/mol. The summed E-state index contributed by atoms with van der Waals surface area (Å²) >= 11 is 0. The van der Waals surface area contributed by atoms with Gasteiger partial charge in [0.25, 0.3) is 11.8 Å². The third-order valence-electron chi connectivity index (χ3n) is 2.03. The average molecular weight is 204 g/mol. The Morgan fingerprint density at radius 1 is 1.20 bits per heavy atom. The monoisotopic (exact) mass is 204 g/mol. The Labute approximate surface area is 85.1 Å². The largest absolute Gasteiger partial charge is 0.369 e. The zero-order valence-electron chi connectivity index (χ0n) is 7.65. The van der Waals surface area contributed by atoms with Crippen molar-refractivity contribution in [3.05, 3.63) is 35.4 Å². The van der Waals surface area contributed by atoms with Crippen molar-refractivity contribution in [2.24, 2.45) is 5.73 Å². The van der Waals surface area contributed by atoms with Crippen molar-refractivity contribution in [2.45, 2.75) is 0 Å². The number of nitrogens with one attached hydrogen (secondary N) is 2. The van der Waals surface area contributed by atoms with Gasteiger partial charge in [-0.1, -0.05) is 12.1 Å². The summed E-state index contributed by atoms with van der Waals surface area (Å²) in [5.41, 5.74) is 7.87. The molecular formula is C9H8N4O2. The van der Waals surface area contributed by atoms with Crippen molar-refractivity contribution in [3.8, 4) is 0 Å². The third-order valence-corrected chi connectivity index (χ3v) is 2.03. The van der Waals surface area contributed by atoms with Crippen LogP contribution in [0, 0.1) is 5.41 Å². The lowest BCUT2D eigenvalue weighted by molar-refractivity contribution is 0.0610. The smallest absolute Gasteiger partial charge is 0.280 e. The van der Waals surface area contributed by atoms with Gasteiger partial charge in [0.1, 0.15) is 0 Å². The third kappa shape index (κ3) is 1.32. The van der Waals surface area contributed by atoms with Crippen molar-refractivity contribution < 1.29 is 9.59 Å². The molecule has 76 valence electrons. The van der Waals surface area contributed by atoms with Gasteiger partial charge < -0.3 is 5.73 Å². The molecule has 1 aliphatic heterocycles. The maximum atomic E-state index is 11.6. The van der Waals surface area contributed by atoms with Crippen molar-refractivity contribution in [1.29, 1.82) is 5.41 Å². The molecule has 0 radical (unpaired) electrons. The van der Waals surface area contributed by atoms with Gasteiger partial charge >= 0.3 is 0 Å². The number of hydrogen-bond acceptors (Lipinski definition) is 3. The van der Waals surface area contributed by atoms with Gasteiger partial charge in [0.2, 0.25) is 5.96 Å². The molecule has 15 heavy (non-hydrogen) atoms. The summed E-state index contributed by atoms with van der Waals surface area (Å²) in [6, 6.07) is 6.44. The number of guanidine groups is 1. The molecule has 0 unspecified atom stereocenters. The van der Waals surface area contributed by atoms with E-state index in [-0.39, 0.29) is 0 Å². The molecule has 6 heteroatoms. The first kappa shape index (κ1) is 9.20. The number of nitrogens with two attached hydrogens (primary N) is 1. The molecule has 4 N–H and O–H groups in total. The Bertz CT molecular complexity index is 434. The molecular weight excluding hydrogens is 196 g/mol. The molecule has 0 aliphatic carbocycles.